The van der Waals surface area contributed by atoms with E-state index in [-0.39, 0.29) is 0 Å². The molecule has 2 aromatic rings. The van der Waals surface area contributed by atoms with Crippen molar-refractivity contribution in [2.45, 2.75) is 79.1 Å². The van der Waals surface area contributed by atoms with Crippen LogP contribution in [0.15, 0.2) is 36.4 Å². The van der Waals surface area contributed by atoms with E-state index in [2.05, 4.69) is 91.8 Å². The summed E-state index contributed by atoms with van der Waals surface area (Å²) in [5.41, 5.74) is 7.63. The van der Waals surface area contributed by atoms with Gasteiger partial charge in [0.15, 0.2) is 0 Å². The van der Waals surface area contributed by atoms with Crippen molar-refractivity contribution in [1.29, 1.82) is 0 Å². The Balaban J connectivity index is 0.00000182. The third-order valence-corrected chi connectivity index (χ3v) is 5.70. The summed E-state index contributed by atoms with van der Waals surface area (Å²) in [5.74, 6) is 1.86. The van der Waals surface area contributed by atoms with Gasteiger partial charge < -0.3 is 15.4 Å². The Hall–Kier alpha value is -0.368. The minimum atomic E-state index is -1.06. The van der Waals surface area contributed by atoms with Crippen LogP contribution in [0.4, 0.5) is 11.4 Å². The standard InChI is InChI=1S/C28H42N2O.2ClH.U/c1-19(2)23-11-9-12-24(20(3)4)27(23)29-15-17-31-18-16-30-28-25(21(5)6)13-10-14-26(28)22(7)8;;;/h9-14,19-22H,15-18H2,1-8H3;2*1H;/q-2;;;+2/p-2. The van der Waals surface area contributed by atoms with Crippen molar-refractivity contribution in [2.24, 2.45) is 0 Å². The first-order valence-corrected chi connectivity index (χ1v) is 22.5. The molecule has 0 atom stereocenters. The summed E-state index contributed by atoms with van der Waals surface area (Å²) < 4.78 is 5.89. The van der Waals surface area contributed by atoms with Crippen molar-refractivity contribution < 1.29 is 29.8 Å². The number of hydrogen-bond acceptors (Lipinski definition) is 1. The zero-order chi connectivity index (χ0) is 25.7. The van der Waals surface area contributed by atoms with Crippen LogP contribution in [0.3, 0.4) is 0 Å². The number of hydrogen-bond donors (Lipinski definition) is 0. The summed E-state index contributed by atoms with van der Waals surface area (Å²) in [6, 6.07) is 13.1. The SMILES string of the molecule is CC(C)c1cccc(C(C)C)c1[N-]CCOCC[N-]c1c(C(C)C)cccc1C(C)C.[Cl][U][Cl]. The first-order valence-electron chi connectivity index (χ1n) is 12.3. The maximum atomic E-state index is 5.89. The van der Waals surface area contributed by atoms with Gasteiger partial charge in [0.05, 0.1) is 0 Å². The van der Waals surface area contributed by atoms with Gasteiger partial charge in [-0.25, -0.2) is 0 Å². The molecular weight excluding hydrogens is 689 g/mol. The van der Waals surface area contributed by atoms with Gasteiger partial charge in [0.1, 0.15) is 0 Å². The Morgan fingerprint density at radius 3 is 1.12 bits per heavy atom. The second-order valence-electron chi connectivity index (χ2n) is 9.64. The summed E-state index contributed by atoms with van der Waals surface area (Å²) in [4.78, 5) is 0. The second kappa shape index (κ2) is 17.2. The van der Waals surface area contributed by atoms with Crippen LogP contribution in [0.2, 0.25) is 0 Å². The molecule has 0 saturated carbocycles. The number of nitrogens with zero attached hydrogens (tertiary/aromatic N) is 2. The monoisotopic (exact) mass is 730 g/mol. The van der Waals surface area contributed by atoms with E-state index < -0.39 is 25.1 Å². The average Bonchev–Trinajstić information content (AvgIpc) is 2.78. The molecule has 2 rings (SSSR count). The van der Waals surface area contributed by atoms with Crippen LogP contribution in [0, 0.1) is 25.1 Å². The fourth-order valence-corrected chi connectivity index (χ4v) is 3.93. The van der Waals surface area contributed by atoms with E-state index in [9.17, 15) is 0 Å². The van der Waals surface area contributed by atoms with Gasteiger partial charge in [-0.3, -0.25) is 0 Å². The number of para-hydroxylation sites is 2. The zero-order valence-corrected chi connectivity index (χ0v) is 27.8. The van der Waals surface area contributed by atoms with Gasteiger partial charge in [0.2, 0.25) is 0 Å². The van der Waals surface area contributed by atoms with Crippen molar-refractivity contribution in [3.63, 3.8) is 0 Å². The first kappa shape index (κ1) is 31.7. The molecule has 0 fully saturated rings. The molecule has 0 heterocycles. The number of benzene rings is 2. The van der Waals surface area contributed by atoms with Crippen LogP contribution in [-0.2, 0) is 4.74 Å². The van der Waals surface area contributed by atoms with Crippen molar-refractivity contribution in [3.8, 4) is 0 Å². The molecular formula is C28H42Cl2N2OU-2. The quantitative estimate of drug-likeness (QED) is 0.200. The van der Waals surface area contributed by atoms with E-state index in [1.165, 1.54) is 22.3 Å². The molecule has 3 nitrogen and oxygen atoms in total. The number of ether oxygens (including phenoxy) is 1. The third kappa shape index (κ3) is 10.3. The number of rotatable bonds is 12. The van der Waals surface area contributed by atoms with Gasteiger partial charge in [0.25, 0.3) is 0 Å². The van der Waals surface area contributed by atoms with Crippen LogP contribution < -0.4 is 0 Å². The first-order chi connectivity index (χ1) is 16.1. The Labute approximate surface area is 229 Å². The summed E-state index contributed by atoms with van der Waals surface area (Å²) >= 11 is -1.06. The van der Waals surface area contributed by atoms with Crippen molar-refractivity contribution >= 4 is 26.6 Å². The summed E-state index contributed by atoms with van der Waals surface area (Å²) in [5, 5.41) is 9.85. The van der Waals surface area contributed by atoms with Crippen LogP contribution in [0.25, 0.3) is 10.6 Å². The Kier molecular flexibility index (Phi) is 16.0. The van der Waals surface area contributed by atoms with Crippen molar-refractivity contribution in [1.82, 2.24) is 0 Å². The molecule has 0 bridgehead atoms. The minimum absolute atomic E-state index is 0.466. The Bertz CT molecular complexity index is 721. The van der Waals surface area contributed by atoms with Crippen LogP contribution in [-0.4, -0.2) is 26.3 Å². The molecule has 0 spiro atoms. The Morgan fingerprint density at radius 1 is 0.618 bits per heavy atom. The summed E-state index contributed by atoms with van der Waals surface area (Å²) in [6.45, 7) is 20.5. The topological polar surface area (TPSA) is 37.4 Å². The van der Waals surface area contributed by atoms with Gasteiger partial charge in [-0.05, 0) is 23.7 Å². The van der Waals surface area contributed by atoms with E-state index >= 15 is 0 Å². The fraction of sp³-hybridized carbons (Fsp3) is 0.571. The molecule has 0 aromatic heterocycles. The maximum absolute atomic E-state index is 5.89. The van der Waals surface area contributed by atoms with E-state index in [0.29, 0.717) is 50.0 Å². The summed E-state index contributed by atoms with van der Waals surface area (Å²) in [7, 11) is 9.95. The van der Waals surface area contributed by atoms with E-state index in [0.717, 1.165) is 11.4 Å². The molecule has 0 N–H and O–H groups in total. The molecule has 0 saturated heterocycles. The molecule has 0 unspecified atom stereocenters. The van der Waals surface area contributed by atoms with Crippen molar-refractivity contribution in [2.75, 3.05) is 26.3 Å². The molecule has 6 heteroatoms. The van der Waals surface area contributed by atoms with Crippen molar-refractivity contribution in [3.05, 3.63) is 69.3 Å². The van der Waals surface area contributed by atoms with Crippen LogP contribution in [0.1, 0.15) is 101 Å². The van der Waals surface area contributed by atoms with Gasteiger partial charge in [-0.1, -0.05) is 114 Å². The van der Waals surface area contributed by atoms with E-state index in [4.69, 9.17) is 30.6 Å². The van der Waals surface area contributed by atoms with E-state index in [1.807, 2.05) is 0 Å². The second-order valence-corrected chi connectivity index (χ2v) is 15.6. The van der Waals surface area contributed by atoms with Crippen LogP contribution in [0.5, 0.6) is 0 Å². The van der Waals surface area contributed by atoms with Gasteiger partial charge in [0, 0.05) is 13.2 Å². The van der Waals surface area contributed by atoms with Crippen LogP contribution >= 0.6 is 15.2 Å². The molecule has 2 aromatic carbocycles. The molecule has 0 aliphatic carbocycles. The van der Waals surface area contributed by atoms with Gasteiger partial charge in [-0.15, -0.1) is 24.5 Å². The van der Waals surface area contributed by atoms with Gasteiger partial charge in [-0.2, -0.15) is 0 Å². The molecule has 0 radical (unpaired) electrons. The molecule has 0 amide bonds. The van der Waals surface area contributed by atoms with E-state index in [1.54, 1.807) is 0 Å². The molecule has 0 aliphatic heterocycles. The van der Waals surface area contributed by atoms with Gasteiger partial charge >= 0.3 is 40.3 Å². The molecule has 34 heavy (non-hydrogen) atoms. The zero-order valence-electron chi connectivity index (χ0n) is 22.2. The predicted molar refractivity (Wildman–Crippen MR) is 148 cm³/mol. The predicted octanol–water partition coefficient (Wildman–Crippen LogP) is 10.3. The Morgan fingerprint density at radius 2 is 0.882 bits per heavy atom. The molecule has 0 aliphatic rings. The normalized spacial score (nSPS) is 11.0. The number of halogens is 2. The average molecular weight is 732 g/mol. The molecule has 190 valence electrons. The fourth-order valence-electron chi connectivity index (χ4n) is 3.93. The third-order valence-electron chi connectivity index (χ3n) is 5.70. The summed E-state index contributed by atoms with van der Waals surface area (Å²) in [6.07, 6.45) is 0.